The first-order valence-electron chi connectivity index (χ1n) is 8.02. The normalized spacial score (nSPS) is 19.1. The summed E-state index contributed by atoms with van der Waals surface area (Å²) in [5.74, 6) is 0.245. The van der Waals surface area contributed by atoms with Gasteiger partial charge in [-0.1, -0.05) is 30.2 Å². The molecule has 1 aromatic heterocycles. The molecule has 3 rings (SSSR count). The molecule has 0 bridgehead atoms. The minimum atomic E-state index is -0.299. The van der Waals surface area contributed by atoms with Crippen LogP contribution in [0.5, 0.6) is 0 Å². The van der Waals surface area contributed by atoms with Crippen molar-refractivity contribution >= 4 is 29.5 Å². The van der Waals surface area contributed by atoms with Gasteiger partial charge in [-0.25, -0.2) is 9.18 Å². The first-order chi connectivity index (χ1) is 12.0. The van der Waals surface area contributed by atoms with Crippen molar-refractivity contribution in [3.05, 3.63) is 58.5 Å². The predicted molar refractivity (Wildman–Crippen MR) is 95.8 cm³/mol. The van der Waals surface area contributed by atoms with Gasteiger partial charge in [0, 0.05) is 29.9 Å². The van der Waals surface area contributed by atoms with Gasteiger partial charge in [-0.2, -0.15) is 5.10 Å². The molecule has 1 fully saturated rings. The number of anilines is 1. The summed E-state index contributed by atoms with van der Waals surface area (Å²) in [6.45, 7) is 3.14. The van der Waals surface area contributed by atoms with Crippen LogP contribution in [0.3, 0.4) is 0 Å². The van der Waals surface area contributed by atoms with Crippen molar-refractivity contribution in [2.45, 2.75) is 13.3 Å². The summed E-state index contributed by atoms with van der Waals surface area (Å²) in [7, 11) is 0. The molecule has 0 radical (unpaired) electrons. The van der Waals surface area contributed by atoms with E-state index in [1.807, 2.05) is 13.0 Å². The third kappa shape index (κ3) is 4.33. The lowest BCUT2D eigenvalue weighted by Gasteiger charge is -2.33. The first-order valence-corrected chi connectivity index (χ1v) is 8.40. The van der Waals surface area contributed by atoms with Gasteiger partial charge in [0.15, 0.2) is 5.82 Å². The summed E-state index contributed by atoms with van der Waals surface area (Å²) in [5, 5.41) is 10.8. The van der Waals surface area contributed by atoms with Gasteiger partial charge in [0.25, 0.3) is 0 Å². The fourth-order valence-electron chi connectivity index (χ4n) is 2.83. The van der Waals surface area contributed by atoms with E-state index in [0.717, 1.165) is 5.57 Å². The molecule has 0 spiro atoms. The fraction of sp³-hybridized carbons (Fsp3) is 0.278. The molecule has 1 aromatic carbocycles. The van der Waals surface area contributed by atoms with Gasteiger partial charge >= 0.3 is 6.03 Å². The number of carbonyl (C=O) groups is 1. The molecule has 2 aromatic rings. The fourth-order valence-corrected chi connectivity index (χ4v) is 3.01. The maximum absolute atomic E-state index is 13.9. The van der Waals surface area contributed by atoms with Gasteiger partial charge in [0.1, 0.15) is 5.82 Å². The molecule has 0 saturated carbocycles. The van der Waals surface area contributed by atoms with E-state index in [2.05, 4.69) is 15.5 Å². The number of aromatic nitrogens is 2. The Bertz CT molecular complexity index is 797. The van der Waals surface area contributed by atoms with Crippen molar-refractivity contribution in [1.29, 1.82) is 0 Å². The van der Waals surface area contributed by atoms with E-state index < -0.39 is 0 Å². The lowest BCUT2D eigenvalue weighted by Crippen LogP contribution is -2.42. The first kappa shape index (κ1) is 17.4. The Morgan fingerprint density at radius 3 is 3.00 bits per heavy atom. The van der Waals surface area contributed by atoms with Crippen LogP contribution < -0.4 is 5.32 Å². The molecule has 1 N–H and O–H groups in total. The van der Waals surface area contributed by atoms with Crippen LogP contribution in [-0.4, -0.2) is 34.2 Å². The second-order valence-corrected chi connectivity index (χ2v) is 6.46. The van der Waals surface area contributed by atoms with E-state index in [9.17, 15) is 9.18 Å². The van der Waals surface area contributed by atoms with E-state index in [4.69, 9.17) is 11.6 Å². The van der Waals surface area contributed by atoms with Crippen molar-refractivity contribution in [3.63, 3.8) is 0 Å². The third-order valence-electron chi connectivity index (χ3n) is 4.19. The summed E-state index contributed by atoms with van der Waals surface area (Å²) in [5.41, 5.74) is 1.58. The summed E-state index contributed by atoms with van der Waals surface area (Å²) >= 11 is 5.94. The summed E-state index contributed by atoms with van der Waals surface area (Å²) in [6, 6.07) is 7.70. The van der Waals surface area contributed by atoms with Crippen molar-refractivity contribution in [3.8, 4) is 0 Å². The largest absolute Gasteiger partial charge is 0.324 e. The second kappa shape index (κ2) is 7.61. The van der Waals surface area contributed by atoms with Gasteiger partial charge < -0.3 is 4.90 Å². The number of hydrogen-bond donors (Lipinski definition) is 1. The average Bonchev–Trinajstić information content (AvgIpc) is 2.60. The van der Waals surface area contributed by atoms with Crippen molar-refractivity contribution < 1.29 is 9.18 Å². The van der Waals surface area contributed by atoms with Gasteiger partial charge in [-0.05, 0) is 42.7 Å². The van der Waals surface area contributed by atoms with Crippen molar-refractivity contribution in [1.82, 2.24) is 15.1 Å². The van der Waals surface area contributed by atoms with Crippen molar-refractivity contribution in [2.24, 2.45) is 5.92 Å². The van der Waals surface area contributed by atoms with Crippen LogP contribution in [0.25, 0.3) is 6.08 Å². The number of hydrogen-bond acceptors (Lipinski definition) is 3. The lowest BCUT2D eigenvalue weighted by atomic mass is 9.91. The highest BCUT2D eigenvalue weighted by Crippen LogP contribution is 2.27. The summed E-state index contributed by atoms with van der Waals surface area (Å²) in [4.78, 5) is 14.1. The van der Waals surface area contributed by atoms with E-state index in [1.165, 1.54) is 12.1 Å². The standard InChI is InChI=1S/C18H18ClFN4O/c1-12-11-24(18(25)22-17-3-2-7-21-23-17)8-6-13(12)9-14-10-15(19)4-5-16(14)20/h2-5,7,9-10,12H,6,8,11H2,1H3,(H,22,23,25). The number of rotatable bonds is 2. The Morgan fingerprint density at radius 1 is 1.44 bits per heavy atom. The molecule has 1 atom stereocenters. The molecule has 1 aliphatic rings. The van der Waals surface area contributed by atoms with Crippen LogP contribution in [-0.2, 0) is 0 Å². The SMILES string of the molecule is CC1CN(C(=O)Nc2cccnn2)CCC1=Cc1cc(Cl)ccc1F. The maximum Gasteiger partial charge on any atom is 0.323 e. The molecule has 7 heteroatoms. The summed E-state index contributed by atoms with van der Waals surface area (Å²) in [6.07, 6.45) is 4.06. The zero-order valence-corrected chi connectivity index (χ0v) is 14.5. The van der Waals surface area contributed by atoms with Crippen LogP contribution in [0.4, 0.5) is 15.0 Å². The quantitative estimate of drug-likeness (QED) is 0.872. The predicted octanol–water partition coefficient (Wildman–Crippen LogP) is 4.23. The van der Waals surface area contributed by atoms with Gasteiger partial charge in [-0.15, -0.1) is 5.10 Å². The number of amides is 2. The average molecular weight is 361 g/mol. The number of nitrogens with zero attached hydrogens (tertiary/aromatic N) is 3. The molecular formula is C18H18ClFN4O. The smallest absolute Gasteiger partial charge is 0.323 e. The zero-order chi connectivity index (χ0) is 17.8. The van der Waals surface area contributed by atoms with Crippen LogP contribution >= 0.6 is 11.6 Å². The highest BCUT2D eigenvalue weighted by Gasteiger charge is 2.24. The van der Waals surface area contributed by atoms with Crippen LogP contribution in [0.1, 0.15) is 18.9 Å². The summed E-state index contributed by atoms with van der Waals surface area (Å²) < 4.78 is 13.9. The van der Waals surface area contributed by atoms with Crippen LogP contribution in [0, 0.1) is 11.7 Å². The number of urea groups is 1. The van der Waals surface area contributed by atoms with E-state index in [-0.39, 0.29) is 17.8 Å². The minimum Gasteiger partial charge on any atom is -0.324 e. The van der Waals surface area contributed by atoms with E-state index in [1.54, 1.807) is 29.3 Å². The minimum absolute atomic E-state index is 0.125. The third-order valence-corrected chi connectivity index (χ3v) is 4.43. The number of benzene rings is 1. The monoisotopic (exact) mass is 360 g/mol. The molecule has 0 aliphatic carbocycles. The van der Waals surface area contributed by atoms with Crippen LogP contribution in [0.2, 0.25) is 5.02 Å². The highest BCUT2D eigenvalue weighted by atomic mass is 35.5. The lowest BCUT2D eigenvalue weighted by molar-refractivity contribution is 0.197. The zero-order valence-electron chi connectivity index (χ0n) is 13.7. The Balaban J connectivity index is 1.67. The molecule has 5 nitrogen and oxygen atoms in total. The topological polar surface area (TPSA) is 58.1 Å². The van der Waals surface area contributed by atoms with Gasteiger partial charge in [-0.3, -0.25) is 5.32 Å². The maximum atomic E-state index is 13.9. The number of likely N-dealkylation sites (tertiary alicyclic amines) is 1. The van der Waals surface area contributed by atoms with E-state index in [0.29, 0.717) is 35.9 Å². The Labute approximate surface area is 150 Å². The molecule has 1 saturated heterocycles. The Hall–Kier alpha value is -2.47. The Morgan fingerprint density at radius 2 is 2.28 bits per heavy atom. The van der Waals surface area contributed by atoms with Crippen molar-refractivity contribution in [2.75, 3.05) is 18.4 Å². The number of piperidine rings is 1. The number of carbonyl (C=O) groups excluding carboxylic acids is 1. The van der Waals surface area contributed by atoms with E-state index >= 15 is 0 Å². The molecular weight excluding hydrogens is 343 g/mol. The molecule has 1 aliphatic heterocycles. The Kier molecular flexibility index (Phi) is 5.28. The number of nitrogens with one attached hydrogen (secondary N) is 1. The van der Waals surface area contributed by atoms with Crippen LogP contribution in [0.15, 0.2) is 42.1 Å². The van der Waals surface area contributed by atoms with Gasteiger partial charge in [0.05, 0.1) is 0 Å². The molecule has 25 heavy (non-hydrogen) atoms. The second-order valence-electron chi connectivity index (χ2n) is 6.02. The van der Waals surface area contributed by atoms with Gasteiger partial charge in [0.2, 0.25) is 0 Å². The molecule has 2 heterocycles. The highest BCUT2D eigenvalue weighted by molar-refractivity contribution is 6.30. The molecule has 2 amide bonds. The molecule has 130 valence electrons. The number of halogens is 2. The molecule has 1 unspecified atom stereocenters.